The lowest BCUT2D eigenvalue weighted by Crippen LogP contribution is -1.75. The van der Waals surface area contributed by atoms with E-state index in [1.54, 1.807) is 6.07 Å². The summed E-state index contributed by atoms with van der Waals surface area (Å²) in [5, 5.41) is 7.32. The molecule has 0 saturated carbocycles. The van der Waals surface area contributed by atoms with Gasteiger partial charge in [0.25, 0.3) is 0 Å². The van der Waals surface area contributed by atoms with E-state index < -0.39 is 11.4 Å². The van der Waals surface area contributed by atoms with E-state index in [0.29, 0.717) is 0 Å². The Morgan fingerprint density at radius 2 is 2.00 bits per heavy atom. The molecule has 0 aromatic rings. The van der Waals surface area contributed by atoms with Crippen molar-refractivity contribution in [2.75, 3.05) is 0 Å². The Morgan fingerprint density at radius 1 is 2.00 bits per heavy atom. The summed E-state index contributed by atoms with van der Waals surface area (Å²) in [5.74, 6) is 0. The molecular formula is C2H4NO3S-. The SMILES string of the molecule is CC#N.O=S([O-])O. The summed E-state index contributed by atoms with van der Waals surface area (Å²) in [5.41, 5.74) is 0. The van der Waals surface area contributed by atoms with Crippen LogP contribution < -0.4 is 0 Å². The predicted octanol–water partition coefficient (Wildman–Crippen LogP) is -0.132. The van der Waals surface area contributed by atoms with E-state index in [-0.39, 0.29) is 0 Å². The van der Waals surface area contributed by atoms with Crippen LogP contribution in [0.1, 0.15) is 6.92 Å². The highest BCUT2D eigenvalue weighted by Gasteiger charge is 1.42. The van der Waals surface area contributed by atoms with Crippen LogP contribution in [0.2, 0.25) is 0 Å². The van der Waals surface area contributed by atoms with Gasteiger partial charge in [0, 0.05) is 6.92 Å². The molecule has 5 heteroatoms. The van der Waals surface area contributed by atoms with Crippen molar-refractivity contribution < 1.29 is 13.3 Å². The van der Waals surface area contributed by atoms with Crippen molar-refractivity contribution in [3.8, 4) is 6.07 Å². The Hall–Kier alpha value is -0.440. The highest BCUT2D eigenvalue weighted by molar-refractivity contribution is 7.73. The molecule has 4 nitrogen and oxygen atoms in total. The van der Waals surface area contributed by atoms with E-state index in [2.05, 4.69) is 0 Å². The highest BCUT2D eigenvalue weighted by atomic mass is 32.2. The summed E-state index contributed by atoms with van der Waals surface area (Å²) in [7, 11) is 0. The molecule has 0 fully saturated rings. The molecule has 1 atom stereocenters. The first-order chi connectivity index (χ1) is 3.15. The summed E-state index contributed by atoms with van der Waals surface area (Å²) in [6.07, 6.45) is 0. The Bertz CT molecular complexity index is 81.4. The Labute approximate surface area is 43.9 Å². The zero-order valence-electron chi connectivity index (χ0n) is 3.62. The molecule has 0 spiro atoms. The third kappa shape index (κ3) is 364. The first-order valence-electron chi connectivity index (χ1n) is 1.24. The van der Waals surface area contributed by atoms with Crippen molar-refractivity contribution in [1.82, 2.24) is 0 Å². The molecule has 0 aliphatic carbocycles. The number of rotatable bonds is 0. The van der Waals surface area contributed by atoms with Crippen LogP contribution in [-0.4, -0.2) is 13.3 Å². The average molecular weight is 122 g/mol. The van der Waals surface area contributed by atoms with E-state index in [4.69, 9.17) is 18.6 Å². The maximum atomic E-state index is 8.56. The van der Waals surface area contributed by atoms with E-state index in [1.165, 1.54) is 6.92 Å². The maximum Gasteiger partial charge on any atom is 0.0814 e. The first kappa shape index (κ1) is 9.75. The van der Waals surface area contributed by atoms with Gasteiger partial charge in [-0.2, -0.15) is 5.26 Å². The second-order valence-corrected chi connectivity index (χ2v) is 0.875. The standard InChI is InChI=1S/C2H3N.H2O3S/c1-2-3;1-4(2)3/h1H3;(H2,1,2,3)/p-1. The third-order valence-corrected chi connectivity index (χ3v) is 0. The number of nitrogens with zero attached hydrogens (tertiary/aromatic N) is 1. The minimum absolute atomic E-state index is 1.43. The molecule has 0 amide bonds. The molecule has 0 radical (unpaired) electrons. The van der Waals surface area contributed by atoms with Crippen LogP contribution in [0.15, 0.2) is 0 Å². The molecule has 0 bridgehead atoms. The quantitative estimate of drug-likeness (QED) is 0.453. The van der Waals surface area contributed by atoms with E-state index >= 15 is 0 Å². The van der Waals surface area contributed by atoms with Gasteiger partial charge in [-0.15, -0.1) is 0 Å². The fourth-order valence-electron chi connectivity index (χ4n) is 0. The smallest absolute Gasteiger partial charge is 0.0814 e. The first-order valence-corrected chi connectivity index (χ1v) is 2.27. The average Bonchev–Trinajstić information content (AvgIpc) is 1.33. The molecule has 0 aromatic heterocycles. The van der Waals surface area contributed by atoms with Crippen molar-refractivity contribution in [1.29, 1.82) is 5.26 Å². The zero-order chi connectivity index (χ0) is 6.28. The molecule has 0 heterocycles. The van der Waals surface area contributed by atoms with Gasteiger partial charge in [0.15, 0.2) is 0 Å². The maximum absolute atomic E-state index is 8.56. The highest BCUT2D eigenvalue weighted by Crippen LogP contribution is 1.43. The molecule has 0 aliphatic heterocycles. The predicted molar refractivity (Wildman–Crippen MR) is 22.8 cm³/mol. The third-order valence-electron chi connectivity index (χ3n) is 0. The molecule has 0 rings (SSSR count). The van der Waals surface area contributed by atoms with Crippen LogP contribution >= 0.6 is 0 Å². The van der Waals surface area contributed by atoms with Crippen molar-refractivity contribution in [2.24, 2.45) is 0 Å². The lowest BCUT2D eigenvalue weighted by Gasteiger charge is -1.83. The normalized spacial score (nSPS) is 10.0. The fourth-order valence-corrected chi connectivity index (χ4v) is 0. The summed E-state index contributed by atoms with van der Waals surface area (Å²) in [6, 6.07) is 1.75. The van der Waals surface area contributed by atoms with Gasteiger partial charge in [-0.05, 0) is 0 Å². The van der Waals surface area contributed by atoms with E-state index in [0.717, 1.165) is 0 Å². The minimum Gasteiger partial charge on any atom is -0.750 e. The summed E-state index contributed by atoms with van der Waals surface area (Å²) in [6.45, 7) is 1.43. The van der Waals surface area contributed by atoms with Crippen molar-refractivity contribution in [2.45, 2.75) is 6.92 Å². The van der Waals surface area contributed by atoms with Gasteiger partial charge in [0.05, 0.1) is 17.4 Å². The Kier molecular flexibility index (Phi) is 12.7. The second kappa shape index (κ2) is 9.12. The van der Waals surface area contributed by atoms with Crippen molar-refractivity contribution in [3.63, 3.8) is 0 Å². The zero-order valence-corrected chi connectivity index (χ0v) is 4.44. The largest absolute Gasteiger partial charge is 0.750 e. The molecule has 7 heavy (non-hydrogen) atoms. The van der Waals surface area contributed by atoms with Crippen LogP contribution in [0.3, 0.4) is 0 Å². The van der Waals surface area contributed by atoms with Gasteiger partial charge >= 0.3 is 0 Å². The van der Waals surface area contributed by atoms with Gasteiger partial charge in [0.2, 0.25) is 0 Å². The van der Waals surface area contributed by atoms with E-state index in [1.807, 2.05) is 0 Å². The number of hydrogen-bond acceptors (Lipinski definition) is 3. The van der Waals surface area contributed by atoms with Crippen LogP contribution in [0.4, 0.5) is 0 Å². The Morgan fingerprint density at radius 3 is 2.00 bits per heavy atom. The molecular weight excluding hydrogens is 118 g/mol. The second-order valence-electron chi connectivity index (χ2n) is 0.441. The van der Waals surface area contributed by atoms with Crippen molar-refractivity contribution >= 4 is 11.4 Å². The lowest BCUT2D eigenvalue weighted by molar-refractivity contribution is 0.436. The van der Waals surface area contributed by atoms with Gasteiger partial charge in [-0.1, -0.05) is 0 Å². The van der Waals surface area contributed by atoms with Crippen molar-refractivity contribution in [3.05, 3.63) is 0 Å². The number of hydrogen-bond donors (Lipinski definition) is 1. The molecule has 0 aromatic carbocycles. The lowest BCUT2D eigenvalue weighted by atomic mass is 11.0. The number of nitriles is 1. The van der Waals surface area contributed by atoms with Crippen LogP contribution in [0.5, 0.6) is 0 Å². The summed E-state index contributed by atoms with van der Waals surface area (Å²) < 4.78 is 24.1. The minimum atomic E-state index is -2.86. The van der Waals surface area contributed by atoms with Crippen LogP contribution in [-0.2, 0) is 11.4 Å². The topological polar surface area (TPSA) is 84.2 Å². The molecule has 0 aliphatic rings. The van der Waals surface area contributed by atoms with Gasteiger partial charge in [-0.3, -0.25) is 0 Å². The van der Waals surface area contributed by atoms with Gasteiger partial charge in [0.1, 0.15) is 0 Å². The molecule has 1 N–H and O–H groups in total. The van der Waals surface area contributed by atoms with Crippen LogP contribution in [0.25, 0.3) is 0 Å². The van der Waals surface area contributed by atoms with Crippen LogP contribution in [0, 0.1) is 11.3 Å². The molecule has 1 unspecified atom stereocenters. The molecule has 42 valence electrons. The fraction of sp³-hybridized carbons (Fsp3) is 0.500. The summed E-state index contributed by atoms with van der Waals surface area (Å²) >= 11 is -2.86. The molecule has 0 saturated heterocycles. The van der Waals surface area contributed by atoms with Gasteiger partial charge in [-0.25, -0.2) is 4.21 Å². The Balaban J connectivity index is 0. The van der Waals surface area contributed by atoms with Gasteiger partial charge < -0.3 is 9.11 Å². The van der Waals surface area contributed by atoms with E-state index in [9.17, 15) is 0 Å². The summed E-state index contributed by atoms with van der Waals surface area (Å²) in [4.78, 5) is 0. The monoisotopic (exact) mass is 122 g/mol.